The van der Waals surface area contributed by atoms with Crippen molar-refractivity contribution in [1.29, 1.82) is 0 Å². The third kappa shape index (κ3) is 7.38. The van der Waals surface area contributed by atoms with Gasteiger partial charge in [-0.1, -0.05) is 6.92 Å². The Morgan fingerprint density at radius 1 is 0.757 bits per heavy atom. The van der Waals surface area contributed by atoms with E-state index in [-0.39, 0.29) is 12.8 Å². The zero-order valence-electron chi connectivity index (χ0n) is 22.2. The minimum Gasteiger partial charge on any atom is -0.493 e. The zero-order valence-corrected chi connectivity index (χ0v) is 23.0. The van der Waals surface area contributed by atoms with E-state index in [1.54, 1.807) is 30.0 Å². The van der Waals surface area contributed by atoms with Gasteiger partial charge in [-0.2, -0.15) is 0 Å². The van der Waals surface area contributed by atoms with Crippen molar-refractivity contribution in [3.8, 4) is 28.7 Å². The van der Waals surface area contributed by atoms with Gasteiger partial charge in [-0.25, -0.2) is 0 Å². The van der Waals surface area contributed by atoms with Crippen molar-refractivity contribution in [2.24, 2.45) is 0 Å². The molecule has 0 bridgehead atoms. The summed E-state index contributed by atoms with van der Waals surface area (Å²) in [6.07, 6.45) is 1.08. The summed E-state index contributed by atoms with van der Waals surface area (Å²) in [7, 11) is 5.87. The Balaban J connectivity index is 2.46. The Kier molecular flexibility index (Phi) is 11.7. The van der Waals surface area contributed by atoms with E-state index in [9.17, 15) is 19.8 Å². The first-order chi connectivity index (χ1) is 17.8. The number of ether oxygens (including phenoxy) is 5. The molecule has 10 heteroatoms. The van der Waals surface area contributed by atoms with E-state index in [0.717, 1.165) is 17.1 Å². The molecule has 0 radical (unpaired) electrons. The molecule has 2 aromatic rings. The number of hydrogen-bond donors (Lipinski definition) is 2. The highest BCUT2D eigenvalue weighted by Gasteiger charge is 2.29. The number of carboxylic acid groups (broad SMARTS) is 2. The second-order valence-corrected chi connectivity index (χ2v) is 9.29. The van der Waals surface area contributed by atoms with Crippen molar-refractivity contribution in [1.82, 2.24) is 0 Å². The van der Waals surface area contributed by atoms with Crippen LogP contribution in [0.5, 0.6) is 28.7 Å². The van der Waals surface area contributed by atoms with Gasteiger partial charge in [-0.15, -0.1) is 11.8 Å². The molecule has 0 aromatic heterocycles. The lowest BCUT2D eigenvalue weighted by Gasteiger charge is -2.21. The molecular weight excluding hydrogens is 500 g/mol. The molecule has 37 heavy (non-hydrogen) atoms. The average Bonchev–Trinajstić information content (AvgIpc) is 2.89. The SMILES string of the molecule is CCCSc1cc(C(CCC(C(=O)O)c2cc(OC)c(OC)c(OC)c2)C(=O)O)cc(OC)c1OCC. The van der Waals surface area contributed by atoms with Gasteiger partial charge in [0.05, 0.1) is 51.8 Å². The summed E-state index contributed by atoms with van der Waals surface area (Å²) >= 11 is 1.57. The van der Waals surface area contributed by atoms with Crippen LogP contribution >= 0.6 is 11.8 Å². The van der Waals surface area contributed by atoms with Crippen LogP contribution in [0.2, 0.25) is 0 Å². The van der Waals surface area contributed by atoms with Gasteiger partial charge < -0.3 is 33.9 Å². The van der Waals surface area contributed by atoms with Crippen molar-refractivity contribution >= 4 is 23.7 Å². The molecule has 2 N–H and O–H groups in total. The van der Waals surface area contributed by atoms with Gasteiger partial charge in [0, 0.05) is 0 Å². The van der Waals surface area contributed by atoms with E-state index in [1.807, 2.05) is 13.0 Å². The maximum Gasteiger partial charge on any atom is 0.310 e. The largest absolute Gasteiger partial charge is 0.493 e. The minimum atomic E-state index is -1.08. The molecule has 0 heterocycles. The van der Waals surface area contributed by atoms with Crippen molar-refractivity contribution in [2.45, 2.75) is 49.8 Å². The van der Waals surface area contributed by atoms with Crippen LogP contribution in [0.4, 0.5) is 0 Å². The molecular formula is C27H36O9S. The quantitative estimate of drug-likeness (QED) is 0.268. The van der Waals surface area contributed by atoms with Gasteiger partial charge in [-0.3, -0.25) is 9.59 Å². The number of thioether (sulfide) groups is 1. The topological polar surface area (TPSA) is 121 Å². The lowest BCUT2D eigenvalue weighted by atomic mass is 9.87. The highest BCUT2D eigenvalue weighted by molar-refractivity contribution is 7.99. The van der Waals surface area contributed by atoms with Gasteiger partial charge in [0.1, 0.15) is 0 Å². The Hall–Kier alpha value is -3.27. The number of carboxylic acids is 2. The second-order valence-electron chi connectivity index (χ2n) is 8.15. The molecule has 0 aliphatic carbocycles. The van der Waals surface area contributed by atoms with Crippen LogP contribution in [0.1, 0.15) is 56.1 Å². The molecule has 0 amide bonds. The van der Waals surface area contributed by atoms with Crippen LogP contribution in [0.15, 0.2) is 29.2 Å². The summed E-state index contributed by atoms with van der Waals surface area (Å²) in [4.78, 5) is 25.4. The third-order valence-electron chi connectivity index (χ3n) is 5.85. The monoisotopic (exact) mass is 536 g/mol. The molecule has 9 nitrogen and oxygen atoms in total. The minimum absolute atomic E-state index is 0.0674. The molecule has 2 rings (SSSR count). The molecule has 0 saturated carbocycles. The number of rotatable bonds is 16. The molecule has 0 fully saturated rings. The fraction of sp³-hybridized carbons (Fsp3) is 0.481. The van der Waals surface area contributed by atoms with Crippen molar-refractivity contribution in [3.05, 3.63) is 35.4 Å². The van der Waals surface area contributed by atoms with Crippen LogP contribution in [-0.2, 0) is 9.59 Å². The fourth-order valence-corrected chi connectivity index (χ4v) is 4.99. The third-order valence-corrected chi connectivity index (χ3v) is 7.07. The number of hydrogen-bond acceptors (Lipinski definition) is 8. The second kappa shape index (κ2) is 14.5. The molecule has 204 valence electrons. The van der Waals surface area contributed by atoms with Crippen molar-refractivity contribution < 1.29 is 43.5 Å². The predicted molar refractivity (Wildman–Crippen MR) is 141 cm³/mol. The standard InChI is InChI=1S/C27H36O9S/c1-7-11-37-23-15-17(14-22(34-5)25(23)36-8-2)19(27(30)31)10-9-18(26(28)29)16-12-20(32-3)24(35-6)21(13-16)33-4/h12-15,18-19H,7-11H2,1-6H3,(H,28,29)(H,30,31). The summed E-state index contributed by atoms with van der Waals surface area (Å²) in [6.45, 7) is 4.37. The summed E-state index contributed by atoms with van der Waals surface area (Å²) in [5.41, 5.74) is 0.954. The molecule has 0 aliphatic rings. The smallest absolute Gasteiger partial charge is 0.310 e. The Morgan fingerprint density at radius 2 is 1.22 bits per heavy atom. The summed E-state index contributed by atoms with van der Waals surface area (Å²) in [5.74, 6) is -1.22. The van der Waals surface area contributed by atoms with Crippen LogP contribution < -0.4 is 23.7 Å². The van der Waals surface area contributed by atoms with Gasteiger partial charge >= 0.3 is 11.9 Å². The summed E-state index contributed by atoms with van der Waals surface area (Å²) in [5, 5.41) is 20.1. The van der Waals surface area contributed by atoms with Gasteiger partial charge in [0.2, 0.25) is 5.75 Å². The van der Waals surface area contributed by atoms with Gasteiger partial charge in [-0.05, 0) is 67.3 Å². The zero-order chi connectivity index (χ0) is 27.5. The van der Waals surface area contributed by atoms with Gasteiger partial charge in [0.15, 0.2) is 23.0 Å². The number of methoxy groups -OCH3 is 4. The van der Waals surface area contributed by atoms with E-state index < -0.39 is 23.8 Å². The van der Waals surface area contributed by atoms with E-state index in [2.05, 4.69) is 6.92 Å². The number of benzene rings is 2. The van der Waals surface area contributed by atoms with Crippen LogP contribution in [0, 0.1) is 0 Å². The predicted octanol–water partition coefficient (Wildman–Crippen LogP) is 5.44. The lowest BCUT2D eigenvalue weighted by Crippen LogP contribution is -2.17. The highest BCUT2D eigenvalue weighted by atomic mass is 32.2. The first kappa shape index (κ1) is 30.0. The van der Waals surface area contributed by atoms with E-state index in [0.29, 0.717) is 46.5 Å². The number of carbonyl (C=O) groups is 2. The first-order valence-corrected chi connectivity index (χ1v) is 13.0. The van der Waals surface area contributed by atoms with E-state index in [4.69, 9.17) is 23.7 Å². The molecule has 0 spiro atoms. The Morgan fingerprint density at radius 3 is 1.59 bits per heavy atom. The van der Waals surface area contributed by atoms with Crippen LogP contribution in [0.25, 0.3) is 0 Å². The average molecular weight is 537 g/mol. The Bertz CT molecular complexity index is 1050. The maximum atomic E-state index is 12.4. The molecule has 2 aromatic carbocycles. The van der Waals surface area contributed by atoms with Crippen LogP contribution in [-0.4, -0.2) is 63.0 Å². The van der Waals surface area contributed by atoms with Gasteiger partial charge in [0.25, 0.3) is 0 Å². The van der Waals surface area contributed by atoms with Crippen molar-refractivity contribution in [2.75, 3.05) is 40.8 Å². The maximum absolute atomic E-state index is 12.4. The molecule has 2 atom stereocenters. The molecule has 0 aliphatic heterocycles. The van der Waals surface area contributed by atoms with Crippen LogP contribution in [0.3, 0.4) is 0 Å². The highest BCUT2D eigenvalue weighted by Crippen LogP contribution is 2.44. The molecule has 2 unspecified atom stereocenters. The summed E-state index contributed by atoms with van der Waals surface area (Å²) in [6, 6.07) is 6.63. The van der Waals surface area contributed by atoms with E-state index >= 15 is 0 Å². The lowest BCUT2D eigenvalue weighted by molar-refractivity contribution is -0.141. The summed E-state index contributed by atoms with van der Waals surface area (Å²) < 4.78 is 27.4. The normalized spacial score (nSPS) is 12.4. The van der Waals surface area contributed by atoms with Crippen molar-refractivity contribution in [3.63, 3.8) is 0 Å². The Labute approximate surface area is 222 Å². The number of aliphatic carboxylic acids is 2. The first-order valence-electron chi connectivity index (χ1n) is 12.0. The fourth-order valence-electron chi connectivity index (χ4n) is 4.06. The molecule has 0 saturated heterocycles. The van der Waals surface area contributed by atoms with E-state index in [1.165, 1.54) is 28.4 Å².